The molecule has 13 heteroatoms. The minimum atomic E-state index is -5.22. The molecule has 1 atom stereocenters. The Balaban J connectivity index is 1.16. The van der Waals surface area contributed by atoms with Gasteiger partial charge in [0.05, 0.1) is 16.9 Å². The number of H-pyrrole nitrogens is 1. The molecule has 216 valence electrons. The van der Waals surface area contributed by atoms with E-state index >= 15 is 0 Å². The number of fused-ring (bicyclic) bond motifs is 1. The topological polar surface area (TPSA) is 117 Å². The Kier molecular flexibility index (Phi) is 7.86. The standard InChI is InChI=1S/C28H28F3N5O5/c29-28(30,31)26(39)41-36-22-10-5-4-9-20(22)25(38)33-23(36)11-6-12-24(37)34-15-13-19(14-16-34)35-17-21(32-27(35)40)18-7-2-1-3-8-18/h1-5,7-10,17,19,23H,6,11-16H2,(H,32,40)(H,33,38). The van der Waals surface area contributed by atoms with Gasteiger partial charge >= 0.3 is 17.8 Å². The van der Waals surface area contributed by atoms with E-state index in [1.165, 1.54) is 18.2 Å². The fourth-order valence-electron chi connectivity index (χ4n) is 5.20. The number of hydrogen-bond acceptors (Lipinski definition) is 6. The Hall–Kier alpha value is -4.55. The van der Waals surface area contributed by atoms with Gasteiger partial charge in [0.15, 0.2) is 0 Å². The predicted octanol–water partition coefficient (Wildman–Crippen LogP) is 3.77. The van der Waals surface area contributed by atoms with Crippen LogP contribution in [-0.4, -0.2) is 57.7 Å². The number of hydroxylamine groups is 1. The smallest absolute Gasteiger partial charge is 0.343 e. The lowest BCUT2D eigenvalue weighted by Gasteiger charge is -2.37. The van der Waals surface area contributed by atoms with E-state index in [-0.39, 0.29) is 48.2 Å². The van der Waals surface area contributed by atoms with E-state index in [1.54, 1.807) is 21.7 Å². The minimum Gasteiger partial charge on any atom is -0.343 e. The predicted molar refractivity (Wildman–Crippen MR) is 142 cm³/mol. The van der Waals surface area contributed by atoms with E-state index < -0.39 is 24.2 Å². The zero-order chi connectivity index (χ0) is 29.1. The fraction of sp³-hybridized carbons (Fsp3) is 0.357. The Morgan fingerprint density at radius 3 is 2.37 bits per heavy atom. The average Bonchev–Trinajstić information content (AvgIpc) is 3.36. The third-order valence-electron chi connectivity index (χ3n) is 7.29. The van der Waals surface area contributed by atoms with Crippen molar-refractivity contribution in [1.82, 2.24) is 19.8 Å². The molecule has 0 aliphatic carbocycles. The zero-order valence-electron chi connectivity index (χ0n) is 21.9. The molecular formula is C28H28F3N5O5. The van der Waals surface area contributed by atoms with Crippen LogP contribution in [0.25, 0.3) is 11.3 Å². The van der Waals surface area contributed by atoms with Crippen molar-refractivity contribution in [2.75, 3.05) is 18.2 Å². The molecule has 5 rings (SSSR count). The largest absolute Gasteiger partial charge is 0.493 e. The molecule has 0 spiro atoms. The van der Waals surface area contributed by atoms with E-state index in [4.69, 9.17) is 0 Å². The van der Waals surface area contributed by atoms with Crippen LogP contribution in [0.5, 0.6) is 0 Å². The third-order valence-corrected chi connectivity index (χ3v) is 7.29. The number of anilines is 1. The van der Waals surface area contributed by atoms with Crippen LogP contribution in [0.15, 0.2) is 65.6 Å². The summed E-state index contributed by atoms with van der Waals surface area (Å²) in [6, 6.07) is 15.3. The number of benzene rings is 2. The van der Waals surface area contributed by atoms with Gasteiger partial charge < -0.3 is 20.0 Å². The van der Waals surface area contributed by atoms with Gasteiger partial charge in [0.1, 0.15) is 6.17 Å². The maximum atomic E-state index is 12.9. The zero-order valence-corrected chi connectivity index (χ0v) is 21.9. The van der Waals surface area contributed by atoms with Crippen molar-refractivity contribution < 1.29 is 32.4 Å². The van der Waals surface area contributed by atoms with Gasteiger partial charge in [-0.2, -0.15) is 18.2 Å². The van der Waals surface area contributed by atoms with Crippen molar-refractivity contribution in [2.45, 2.75) is 50.5 Å². The second-order valence-corrected chi connectivity index (χ2v) is 9.96. The summed E-state index contributed by atoms with van der Waals surface area (Å²) in [5, 5.41) is 3.31. The third kappa shape index (κ3) is 6.13. The fourth-order valence-corrected chi connectivity index (χ4v) is 5.20. The normalized spacial score (nSPS) is 17.6. The molecule has 2 aromatic carbocycles. The maximum Gasteiger partial charge on any atom is 0.493 e. The van der Waals surface area contributed by atoms with Gasteiger partial charge in [-0.25, -0.2) is 9.59 Å². The van der Waals surface area contributed by atoms with Gasteiger partial charge in [-0.15, -0.1) is 0 Å². The number of para-hydroxylation sites is 1. The number of carbonyl (C=O) groups excluding carboxylic acids is 3. The van der Waals surface area contributed by atoms with E-state index in [0.717, 1.165) is 16.3 Å². The molecule has 1 unspecified atom stereocenters. The van der Waals surface area contributed by atoms with Gasteiger partial charge in [-0.05, 0) is 43.4 Å². The Morgan fingerprint density at radius 2 is 1.66 bits per heavy atom. The number of aromatic nitrogens is 2. The first-order valence-corrected chi connectivity index (χ1v) is 13.2. The van der Waals surface area contributed by atoms with E-state index in [1.807, 2.05) is 30.3 Å². The summed E-state index contributed by atoms with van der Waals surface area (Å²) in [5.74, 6) is -3.07. The second-order valence-electron chi connectivity index (χ2n) is 9.96. The Morgan fingerprint density at radius 1 is 0.976 bits per heavy atom. The minimum absolute atomic E-state index is 0.0302. The van der Waals surface area contributed by atoms with Crippen LogP contribution in [0.4, 0.5) is 18.9 Å². The SMILES string of the molecule is O=C1NC(CCCC(=O)N2CCC(n3cc(-c4ccccc4)[nH]c3=O)CC2)N(OC(=O)C(F)(F)F)c2ccccc21. The summed E-state index contributed by atoms with van der Waals surface area (Å²) in [7, 11) is 0. The monoisotopic (exact) mass is 571 g/mol. The number of hydrogen-bond donors (Lipinski definition) is 2. The number of alkyl halides is 3. The number of imidazole rings is 1. The van der Waals surface area contributed by atoms with Crippen LogP contribution < -0.4 is 16.1 Å². The summed E-state index contributed by atoms with van der Waals surface area (Å²) in [4.78, 5) is 58.8. The Labute approximate surface area is 232 Å². The number of likely N-dealkylation sites (tertiary alicyclic amines) is 1. The lowest BCUT2D eigenvalue weighted by molar-refractivity contribution is -0.202. The summed E-state index contributed by atoms with van der Waals surface area (Å²) in [6.07, 6.45) is -2.95. The van der Waals surface area contributed by atoms with Gasteiger partial charge in [0.25, 0.3) is 5.91 Å². The van der Waals surface area contributed by atoms with E-state index in [2.05, 4.69) is 15.1 Å². The van der Waals surface area contributed by atoms with Crippen LogP contribution in [0.3, 0.4) is 0 Å². The van der Waals surface area contributed by atoms with Crippen molar-refractivity contribution in [3.63, 3.8) is 0 Å². The molecule has 1 fully saturated rings. The molecule has 0 radical (unpaired) electrons. The first kappa shape index (κ1) is 28.0. The highest BCUT2D eigenvalue weighted by Crippen LogP contribution is 2.30. The van der Waals surface area contributed by atoms with Crippen molar-refractivity contribution in [2.24, 2.45) is 0 Å². The quantitative estimate of drug-likeness (QED) is 0.446. The van der Waals surface area contributed by atoms with Crippen LogP contribution in [-0.2, 0) is 14.4 Å². The molecule has 3 heterocycles. The molecule has 2 aliphatic rings. The van der Waals surface area contributed by atoms with E-state index in [9.17, 15) is 32.3 Å². The second kappa shape index (κ2) is 11.5. The van der Waals surface area contributed by atoms with Crippen molar-refractivity contribution in [3.05, 3.63) is 76.8 Å². The van der Waals surface area contributed by atoms with Gasteiger partial charge in [0, 0.05) is 31.7 Å². The lowest BCUT2D eigenvalue weighted by Crippen LogP contribution is -2.54. The molecule has 2 amide bonds. The molecule has 1 saturated heterocycles. The Bertz CT molecular complexity index is 1480. The summed E-state index contributed by atoms with van der Waals surface area (Å²) in [5.41, 5.74) is 1.51. The highest BCUT2D eigenvalue weighted by molar-refractivity contribution is 6.02. The highest BCUT2D eigenvalue weighted by Gasteiger charge is 2.45. The molecule has 0 bridgehead atoms. The number of carbonyl (C=O) groups is 3. The number of nitrogens with one attached hydrogen (secondary N) is 2. The van der Waals surface area contributed by atoms with Crippen LogP contribution in [0.1, 0.15) is 48.5 Å². The first-order valence-electron chi connectivity index (χ1n) is 13.2. The molecule has 2 aliphatic heterocycles. The van der Waals surface area contributed by atoms with Gasteiger partial charge in [0.2, 0.25) is 5.91 Å². The number of rotatable bonds is 7. The van der Waals surface area contributed by atoms with Crippen LogP contribution >= 0.6 is 0 Å². The molecule has 3 aromatic rings. The maximum absolute atomic E-state index is 12.9. The van der Waals surface area contributed by atoms with Gasteiger partial charge in [-0.1, -0.05) is 42.5 Å². The number of amides is 2. The molecule has 2 N–H and O–H groups in total. The molecule has 41 heavy (non-hydrogen) atoms. The summed E-state index contributed by atoms with van der Waals surface area (Å²) in [6.45, 7) is 0.898. The van der Waals surface area contributed by atoms with Crippen molar-refractivity contribution in [3.8, 4) is 11.3 Å². The molecular weight excluding hydrogens is 543 g/mol. The van der Waals surface area contributed by atoms with Crippen LogP contribution in [0, 0.1) is 0 Å². The van der Waals surface area contributed by atoms with Crippen molar-refractivity contribution >= 4 is 23.5 Å². The molecule has 0 saturated carbocycles. The highest BCUT2D eigenvalue weighted by atomic mass is 19.4. The molecule has 10 nitrogen and oxygen atoms in total. The summed E-state index contributed by atoms with van der Waals surface area (Å²) < 4.78 is 40.4. The lowest BCUT2D eigenvalue weighted by atomic mass is 10.0. The average molecular weight is 572 g/mol. The summed E-state index contributed by atoms with van der Waals surface area (Å²) >= 11 is 0. The first-order chi connectivity index (χ1) is 19.6. The van der Waals surface area contributed by atoms with Crippen LogP contribution in [0.2, 0.25) is 0 Å². The van der Waals surface area contributed by atoms with E-state index in [0.29, 0.717) is 25.9 Å². The number of piperidine rings is 1. The number of aromatic amines is 1. The van der Waals surface area contributed by atoms with Crippen molar-refractivity contribution in [1.29, 1.82) is 0 Å². The number of nitrogens with zero attached hydrogens (tertiary/aromatic N) is 3. The van der Waals surface area contributed by atoms with Gasteiger partial charge in [-0.3, -0.25) is 14.2 Å². The molecule has 1 aromatic heterocycles. The number of halogens is 3.